The number of ether oxygens (including phenoxy) is 1. The van der Waals surface area contributed by atoms with Gasteiger partial charge in [-0.3, -0.25) is 14.4 Å². The van der Waals surface area contributed by atoms with Crippen molar-refractivity contribution in [2.75, 3.05) is 13.2 Å². The van der Waals surface area contributed by atoms with Gasteiger partial charge in [-0.15, -0.1) is 0 Å². The van der Waals surface area contributed by atoms with Crippen molar-refractivity contribution in [2.45, 2.75) is 50.6 Å². The van der Waals surface area contributed by atoms with Crippen LogP contribution in [0.15, 0.2) is 72.8 Å². The zero-order valence-electron chi connectivity index (χ0n) is 19.9. The summed E-state index contributed by atoms with van der Waals surface area (Å²) < 4.78 is 5.39. The molecule has 35 heavy (non-hydrogen) atoms. The van der Waals surface area contributed by atoms with Crippen molar-refractivity contribution in [1.82, 2.24) is 10.6 Å². The zero-order valence-corrected chi connectivity index (χ0v) is 19.9. The Kier molecular flexibility index (Phi) is 10.5. The van der Waals surface area contributed by atoms with Crippen molar-refractivity contribution in [2.24, 2.45) is 5.92 Å². The smallest absolute Gasteiger partial charge is 0.306 e. The Labute approximate surface area is 206 Å². The summed E-state index contributed by atoms with van der Waals surface area (Å²) >= 11 is 0. The zero-order chi connectivity index (χ0) is 24.9. The van der Waals surface area contributed by atoms with Gasteiger partial charge in [0.2, 0.25) is 11.8 Å². The number of carbonyl (C=O) groups excluding carboxylic acids is 3. The van der Waals surface area contributed by atoms with Crippen LogP contribution in [0.1, 0.15) is 36.8 Å². The number of esters is 1. The van der Waals surface area contributed by atoms with E-state index in [-0.39, 0.29) is 43.8 Å². The maximum absolute atomic E-state index is 13.2. The molecule has 1 aliphatic heterocycles. The third-order valence-electron chi connectivity index (χ3n) is 5.93. The standard InChI is InChI=1S/C28H34N2O5/c31-19-24(16-21-10-4-1-5-11-21)29-26(32)18-23-14-8-3-9-15-27(33)35-20-25(30-28(23)34)17-22-12-6-2-7-13-22/h1-8,10-13,23-25,31H,9,14-20H2,(H,29,32)(H,30,34)/b8-3-/t23-,24+,25-/m0/s1. The van der Waals surface area contributed by atoms with Crippen LogP contribution in [0.2, 0.25) is 0 Å². The second kappa shape index (κ2) is 14.1. The first-order valence-corrected chi connectivity index (χ1v) is 12.1. The molecule has 0 fully saturated rings. The van der Waals surface area contributed by atoms with E-state index in [1.165, 1.54) is 0 Å². The van der Waals surface area contributed by atoms with Crippen molar-refractivity contribution < 1.29 is 24.2 Å². The molecule has 2 amide bonds. The molecule has 2 aromatic carbocycles. The number of aliphatic hydroxyl groups excluding tert-OH is 1. The van der Waals surface area contributed by atoms with Crippen LogP contribution in [0.5, 0.6) is 0 Å². The summed E-state index contributed by atoms with van der Waals surface area (Å²) in [6.07, 6.45) is 5.87. The summed E-state index contributed by atoms with van der Waals surface area (Å²) in [6.45, 7) is -0.117. The number of hydrogen-bond donors (Lipinski definition) is 3. The molecule has 0 aliphatic carbocycles. The minimum Gasteiger partial charge on any atom is -0.463 e. The second-order valence-electron chi connectivity index (χ2n) is 8.86. The molecule has 7 heteroatoms. The highest BCUT2D eigenvalue weighted by molar-refractivity contribution is 5.86. The van der Waals surface area contributed by atoms with E-state index in [0.717, 1.165) is 11.1 Å². The predicted molar refractivity (Wildman–Crippen MR) is 133 cm³/mol. The van der Waals surface area contributed by atoms with Gasteiger partial charge in [-0.1, -0.05) is 72.8 Å². The van der Waals surface area contributed by atoms with E-state index in [1.807, 2.05) is 72.8 Å². The number of allylic oxidation sites excluding steroid dienone is 2. The van der Waals surface area contributed by atoms with Crippen LogP contribution in [-0.4, -0.2) is 48.2 Å². The first-order chi connectivity index (χ1) is 17.0. The number of aliphatic hydroxyl groups is 1. The quantitative estimate of drug-likeness (QED) is 0.400. The molecule has 1 aliphatic rings. The lowest BCUT2D eigenvalue weighted by molar-refractivity contribution is -0.145. The van der Waals surface area contributed by atoms with Gasteiger partial charge in [0.05, 0.1) is 24.6 Å². The minimum absolute atomic E-state index is 0.000687. The van der Waals surface area contributed by atoms with E-state index >= 15 is 0 Å². The summed E-state index contributed by atoms with van der Waals surface area (Å²) in [7, 11) is 0. The van der Waals surface area contributed by atoms with Gasteiger partial charge in [-0.05, 0) is 36.8 Å². The lowest BCUT2D eigenvalue weighted by Crippen LogP contribution is -2.45. The lowest BCUT2D eigenvalue weighted by Gasteiger charge is -2.23. The molecule has 3 N–H and O–H groups in total. The highest BCUT2D eigenvalue weighted by atomic mass is 16.5. The van der Waals surface area contributed by atoms with E-state index in [9.17, 15) is 19.5 Å². The van der Waals surface area contributed by atoms with E-state index in [1.54, 1.807) is 0 Å². The molecular weight excluding hydrogens is 444 g/mol. The van der Waals surface area contributed by atoms with Gasteiger partial charge < -0.3 is 20.5 Å². The van der Waals surface area contributed by atoms with Crippen molar-refractivity contribution in [1.29, 1.82) is 0 Å². The van der Waals surface area contributed by atoms with Crippen LogP contribution in [0.25, 0.3) is 0 Å². The first kappa shape index (κ1) is 26.2. The summed E-state index contributed by atoms with van der Waals surface area (Å²) in [5, 5.41) is 15.6. The van der Waals surface area contributed by atoms with E-state index in [0.29, 0.717) is 25.7 Å². The Hall–Kier alpha value is -3.45. The molecule has 3 rings (SSSR count). The Morgan fingerprint density at radius 3 is 2.40 bits per heavy atom. The monoisotopic (exact) mass is 478 g/mol. The van der Waals surface area contributed by atoms with Crippen LogP contribution >= 0.6 is 0 Å². The average molecular weight is 479 g/mol. The van der Waals surface area contributed by atoms with Gasteiger partial charge in [0, 0.05) is 12.8 Å². The normalized spacial score (nSPS) is 20.9. The minimum atomic E-state index is -0.573. The number of benzene rings is 2. The summed E-state index contributed by atoms with van der Waals surface area (Å²) in [6, 6.07) is 18.5. The van der Waals surface area contributed by atoms with Crippen molar-refractivity contribution in [3.63, 3.8) is 0 Å². The fourth-order valence-corrected chi connectivity index (χ4v) is 4.07. The Morgan fingerprint density at radius 1 is 1.03 bits per heavy atom. The summed E-state index contributed by atoms with van der Waals surface area (Å²) in [5.74, 6) is -1.42. The van der Waals surface area contributed by atoms with Gasteiger partial charge in [-0.25, -0.2) is 0 Å². The molecule has 1 heterocycles. The molecule has 0 radical (unpaired) electrons. The van der Waals surface area contributed by atoms with Gasteiger partial charge in [0.1, 0.15) is 6.61 Å². The van der Waals surface area contributed by atoms with Crippen molar-refractivity contribution in [3.8, 4) is 0 Å². The van der Waals surface area contributed by atoms with Crippen LogP contribution in [0.4, 0.5) is 0 Å². The van der Waals surface area contributed by atoms with Crippen LogP contribution in [0.3, 0.4) is 0 Å². The fourth-order valence-electron chi connectivity index (χ4n) is 4.07. The highest BCUT2D eigenvalue weighted by Gasteiger charge is 2.25. The number of cyclic esters (lactones) is 1. The number of nitrogens with one attached hydrogen (secondary N) is 2. The number of amides is 2. The molecule has 0 aromatic heterocycles. The molecular formula is C28H34N2O5. The molecule has 7 nitrogen and oxygen atoms in total. The summed E-state index contributed by atoms with van der Waals surface area (Å²) in [4.78, 5) is 38.0. The summed E-state index contributed by atoms with van der Waals surface area (Å²) in [5.41, 5.74) is 2.03. The molecule has 0 bridgehead atoms. The van der Waals surface area contributed by atoms with Gasteiger partial charge in [0.15, 0.2) is 0 Å². The largest absolute Gasteiger partial charge is 0.463 e. The lowest BCUT2D eigenvalue weighted by atomic mass is 9.97. The Morgan fingerprint density at radius 2 is 1.71 bits per heavy atom. The van der Waals surface area contributed by atoms with Gasteiger partial charge >= 0.3 is 5.97 Å². The Bertz CT molecular complexity index is 977. The predicted octanol–water partition coefficient (Wildman–Crippen LogP) is 2.72. The van der Waals surface area contributed by atoms with Crippen molar-refractivity contribution >= 4 is 17.8 Å². The third kappa shape index (κ3) is 9.37. The maximum Gasteiger partial charge on any atom is 0.306 e. The fraction of sp³-hybridized carbons (Fsp3) is 0.393. The van der Waals surface area contributed by atoms with Crippen molar-refractivity contribution in [3.05, 3.63) is 83.9 Å². The van der Waals surface area contributed by atoms with Crippen LogP contribution < -0.4 is 10.6 Å². The maximum atomic E-state index is 13.2. The number of hydrogen-bond acceptors (Lipinski definition) is 5. The molecule has 3 atom stereocenters. The van der Waals surface area contributed by atoms with E-state index < -0.39 is 18.0 Å². The molecule has 186 valence electrons. The first-order valence-electron chi connectivity index (χ1n) is 12.1. The van der Waals surface area contributed by atoms with E-state index in [4.69, 9.17) is 4.74 Å². The van der Waals surface area contributed by atoms with E-state index in [2.05, 4.69) is 10.6 Å². The van der Waals surface area contributed by atoms with Gasteiger partial charge in [-0.2, -0.15) is 0 Å². The molecule has 0 unspecified atom stereocenters. The van der Waals surface area contributed by atoms with Crippen LogP contribution in [-0.2, 0) is 32.0 Å². The number of rotatable bonds is 8. The Balaban J connectivity index is 1.65. The highest BCUT2D eigenvalue weighted by Crippen LogP contribution is 2.14. The average Bonchev–Trinajstić information content (AvgIpc) is 2.86. The molecule has 0 spiro atoms. The third-order valence-corrected chi connectivity index (χ3v) is 5.93. The molecule has 0 saturated heterocycles. The topological polar surface area (TPSA) is 105 Å². The SMILES string of the molecule is O=C(C[C@@H]1C/C=C\CCC(=O)OC[C@H](Cc2ccccc2)NC1=O)N[C@@H](CO)Cc1ccccc1. The molecule has 2 aromatic rings. The molecule has 0 saturated carbocycles. The second-order valence-corrected chi connectivity index (χ2v) is 8.86. The number of carbonyl (C=O) groups is 3. The van der Waals surface area contributed by atoms with Gasteiger partial charge in [0.25, 0.3) is 0 Å². The van der Waals surface area contributed by atoms with Crippen LogP contribution in [0, 0.1) is 5.92 Å².